The van der Waals surface area contributed by atoms with Crippen LogP contribution < -0.4 is 9.64 Å². The Morgan fingerprint density at radius 1 is 1.33 bits per heavy atom. The number of methoxy groups -OCH3 is 1. The molecule has 1 aromatic carbocycles. The normalized spacial score (nSPS) is 15.8. The van der Waals surface area contributed by atoms with Gasteiger partial charge in [0.25, 0.3) is 0 Å². The smallest absolute Gasteiger partial charge is 0.414 e. The van der Waals surface area contributed by atoms with Crippen LogP contribution in [0.1, 0.15) is 26.3 Å². The summed E-state index contributed by atoms with van der Waals surface area (Å²) in [7, 11) is 1.66. The van der Waals surface area contributed by atoms with Crippen LogP contribution in [0.5, 0.6) is 5.75 Å². The summed E-state index contributed by atoms with van der Waals surface area (Å²) in [5, 5.41) is 0. The first kappa shape index (κ1) is 12.7. The maximum Gasteiger partial charge on any atom is 0.414 e. The SMILES string of the molecule is COc1ccc(N2CCOC2=O)cc1C(C)(C)C. The Morgan fingerprint density at radius 3 is 2.56 bits per heavy atom. The molecule has 18 heavy (non-hydrogen) atoms. The highest BCUT2D eigenvalue weighted by atomic mass is 16.6. The number of ether oxygens (including phenoxy) is 2. The molecule has 0 aliphatic carbocycles. The van der Waals surface area contributed by atoms with Gasteiger partial charge in [0.1, 0.15) is 12.4 Å². The standard InChI is InChI=1S/C14H19NO3/c1-14(2,3)11-9-10(5-6-12(11)17-4)15-7-8-18-13(15)16/h5-6,9H,7-8H2,1-4H3. The fraction of sp³-hybridized carbons (Fsp3) is 0.500. The lowest BCUT2D eigenvalue weighted by Crippen LogP contribution is -2.24. The van der Waals surface area contributed by atoms with Crippen LogP contribution in [-0.2, 0) is 10.2 Å². The van der Waals surface area contributed by atoms with Crippen LogP contribution in [0.2, 0.25) is 0 Å². The van der Waals surface area contributed by atoms with Crippen molar-refractivity contribution in [2.75, 3.05) is 25.2 Å². The van der Waals surface area contributed by atoms with E-state index in [1.54, 1.807) is 12.0 Å². The van der Waals surface area contributed by atoms with Crippen LogP contribution >= 0.6 is 0 Å². The van der Waals surface area contributed by atoms with Crippen molar-refractivity contribution in [2.24, 2.45) is 0 Å². The summed E-state index contributed by atoms with van der Waals surface area (Å²) in [5.41, 5.74) is 1.91. The topological polar surface area (TPSA) is 38.8 Å². The first-order valence-electron chi connectivity index (χ1n) is 6.06. The maximum absolute atomic E-state index is 11.6. The third-order valence-corrected chi connectivity index (χ3v) is 3.06. The molecule has 1 aliphatic heterocycles. The number of hydrogen-bond donors (Lipinski definition) is 0. The third-order valence-electron chi connectivity index (χ3n) is 3.06. The molecule has 0 unspecified atom stereocenters. The van der Waals surface area contributed by atoms with Crippen molar-refractivity contribution < 1.29 is 14.3 Å². The van der Waals surface area contributed by atoms with Crippen LogP contribution in [0.15, 0.2) is 18.2 Å². The minimum absolute atomic E-state index is 0.0367. The van der Waals surface area contributed by atoms with Crippen LogP contribution in [0.25, 0.3) is 0 Å². The second kappa shape index (κ2) is 4.52. The highest BCUT2D eigenvalue weighted by Crippen LogP contribution is 2.35. The number of cyclic esters (lactones) is 1. The molecule has 2 rings (SSSR count). The van der Waals surface area contributed by atoms with E-state index >= 15 is 0 Å². The molecular weight excluding hydrogens is 230 g/mol. The van der Waals surface area contributed by atoms with Crippen molar-refractivity contribution in [3.05, 3.63) is 23.8 Å². The molecule has 0 atom stereocenters. The van der Waals surface area contributed by atoms with Gasteiger partial charge in [0.15, 0.2) is 0 Å². The summed E-state index contributed by atoms with van der Waals surface area (Å²) in [5.74, 6) is 0.846. The van der Waals surface area contributed by atoms with Crippen LogP contribution in [0.3, 0.4) is 0 Å². The number of anilines is 1. The molecule has 1 fully saturated rings. The van der Waals surface area contributed by atoms with Gasteiger partial charge in [-0.2, -0.15) is 0 Å². The minimum atomic E-state index is -0.278. The van der Waals surface area contributed by atoms with E-state index in [1.807, 2.05) is 18.2 Å². The maximum atomic E-state index is 11.6. The highest BCUT2D eigenvalue weighted by molar-refractivity contribution is 5.89. The largest absolute Gasteiger partial charge is 0.496 e. The molecule has 98 valence electrons. The van der Waals surface area contributed by atoms with E-state index in [2.05, 4.69) is 20.8 Å². The number of rotatable bonds is 2. The fourth-order valence-corrected chi connectivity index (χ4v) is 2.08. The molecular formula is C14H19NO3. The lowest BCUT2D eigenvalue weighted by atomic mass is 9.86. The highest BCUT2D eigenvalue weighted by Gasteiger charge is 2.26. The van der Waals surface area contributed by atoms with E-state index < -0.39 is 0 Å². The Balaban J connectivity index is 2.43. The molecule has 4 heteroatoms. The summed E-state index contributed by atoms with van der Waals surface area (Å²) in [6.45, 7) is 7.43. The van der Waals surface area contributed by atoms with Crippen LogP contribution in [0.4, 0.5) is 10.5 Å². The lowest BCUT2D eigenvalue weighted by molar-refractivity contribution is 0.181. The predicted molar refractivity (Wildman–Crippen MR) is 70.4 cm³/mol. The molecule has 0 spiro atoms. The van der Waals surface area contributed by atoms with Crippen LogP contribution in [0, 0.1) is 0 Å². The van der Waals surface area contributed by atoms with Gasteiger partial charge >= 0.3 is 6.09 Å². The van der Waals surface area contributed by atoms with E-state index in [0.717, 1.165) is 17.0 Å². The number of carbonyl (C=O) groups excluding carboxylic acids is 1. The van der Waals surface area contributed by atoms with E-state index in [0.29, 0.717) is 13.2 Å². The summed E-state index contributed by atoms with van der Waals surface area (Å²) in [4.78, 5) is 13.2. The van der Waals surface area contributed by atoms with Crippen molar-refractivity contribution in [3.63, 3.8) is 0 Å². The fourth-order valence-electron chi connectivity index (χ4n) is 2.08. The first-order chi connectivity index (χ1) is 8.43. The first-order valence-corrected chi connectivity index (χ1v) is 6.06. The zero-order chi connectivity index (χ0) is 13.3. The second-order valence-corrected chi connectivity index (χ2v) is 5.40. The van der Waals surface area contributed by atoms with Gasteiger partial charge in [0.2, 0.25) is 0 Å². The van der Waals surface area contributed by atoms with Gasteiger partial charge < -0.3 is 9.47 Å². The molecule has 0 radical (unpaired) electrons. The van der Waals surface area contributed by atoms with Gasteiger partial charge in [0, 0.05) is 11.3 Å². The average Bonchev–Trinajstić information content (AvgIpc) is 2.73. The molecule has 1 aromatic rings. The Hall–Kier alpha value is -1.71. The van der Waals surface area contributed by atoms with Crippen molar-refractivity contribution in [3.8, 4) is 5.75 Å². The van der Waals surface area contributed by atoms with Gasteiger partial charge in [-0.15, -0.1) is 0 Å². The Bertz CT molecular complexity index is 463. The Labute approximate surface area is 107 Å². The zero-order valence-electron chi connectivity index (χ0n) is 11.3. The number of benzene rings is 1. The number of hydrogen-bond acceptors (Lipinski definition) is 3. The molecule has 0 N–H and O–H groups in total. The second-order valence-electron chi connectivity index (χ2n) is 5.40. The van der Waals surface area contributed by atoms with Gasteiger partial charge in [-0.3, -0.25) is 4.90 Å². The third kappa shape index (κ3) is 2.28. The number of carbonyl (C=O) groups is 1. The molecule has 0 aromatic heterocycles. The van der Waals surface area contributed by atoms with E-state index in [4.69, 9.17) is 9.47 Å². The Kier molecular flexibility index (Phi) is 3.20. The van der Waals surface area contributed by atoms with Crippen molar-refractivity contribution in [1.82, 2.24) is 0 Å². The van der Waals surface area contributed by atoms with Crippen molar-refractivity contribution >= 4 is 11.8 Å². The number of amides is 1. The molecule has 1 aliphatic rings. The molecule has 0 saturated carbocycles. The zero-order valence-corrected chi connectivity index (χ0v) is 11.3. The monoisotopic (exact) mass is 249 g/mol. The predicted octanol–water partition coefficient (Wildman–Crippen LogP) is 2.95. The quantitative estimate of drug-likeness (QED) is 0.809. The molecule has 1 saturated heterocycles. The molecule has 4 nitrogen and oxygen atoms in total. The summed E-state index contributed by atoms with van der Waals surface area (Å²) in [6.07, 6.45) is -0.278. The van der Waals surface area contributed by atoms with E-state index in [-0.39, 0.29) is 11.5 Å². The minimum Gasteiger partial charge on any atom is -0.496 e. The summed E-state index contributed by atoms with van der Waals surface area (Å²) >= 11 is 0. The average molecular weight is 249 g/mol. The summed E-state index contributed by atoms with van der Waals surface area (Å²) < 4.78 is 10.3. The summed E-state index contributed by atoms with van der Waals surface area (Å²) in [6, 6.07) is 5.80. The molecule has 0 bridgehead atoms. The van der Waals surface area contributed by atoms with Gasteiger partial charge in [-0.05, 0) is 23.6 Å². The van der Waals surface area contributed by atoms with Gasteiger partial charge in [-0.1, -0.05) is 20.8 Å². The lowest BCUT2D eigenvalue weighted by Gasteiger charge is -2.24. The molecule has 1 heterocycles. The van der Waals surface area contributed by atoms with E-state index in [9.17, 15) is 4.79 Å². The molecule has 1 amide bonds. The van der Waals surface area contributed by atoms with Crippen LogP contribution in [-0.4, -0.2) is 26.4 Å². The van der Waals surface area contributed by atoms with Gasteiger partial charge in [0.05, 0.1) is 13.7 Å². The van der Waals surface area contributed by atoms with E-state index in [1.165, 1.54) is 0 Å². The van der Waals surface area contributed by atoms with Gasteiger partial charge in [-0.25, -0.2) is 4.79 Å². The van der Waals surface area contributed by atoms with Crippen molar-refractivity contribution in [2.45, 2.75) is 26.2 Å². The number of nitrogens with zero attached hydrogens (tertiary/aromatic N) is 1. The van der Waals surface area contributed by atoms with Crippen molar-refractivity contribution in [1.29, 1.82) is 0 Å². The Morgan fingerprint density at radius 2 is 2.06 bits per heavy atom.